The molecule has 0 aliphatic heterocycles. The maximum absolute atomic E-state index is 13.0. The van der Waals surface area contributed by atoms with Crippen LogP contribution in [0.25, 0.3) is 0 Å². The number of aryl methyl sites for hydroxylation is 1. The number of rotatable bonds is 3. The maximum Gasteiger partial charge on any atom is 0.235 e. The van der Waals surface area contributed by atoms with Gasteiger partial charge in [0.2, 0.25) is 5.91 Å². The van der Waals surface area contributed by atoms with E-state index in [0.717, 1.165) is 42.5 Å². The third-order valence-electron chi connectivity index (χ3n) is 4.65. The first-order valence-electron chi connectivity index (χ1n) is 7.75. The third-order valence-corrected chi connectivity index (χ3v) is 4.89. The molecule has 0 bridgehead atoms. The van der Waals surface area contributed by atoms with Crippen molar-refractivity contribution in [2.45, 2.75) is 38.0 Å². The Kier molecular flexibility index (Phi) is 4.21. The summed E-state index contributed by atoms with van der Waals surface area (Å²) in [6, 6.07) is 15.7. The minimum Gasteiger partial charge on any atom is -0.325 e. The second kappa shape index (κ2) is 6.13. The Hall–Kier alpha value is -1.80. The van der Waals surface area contributed by atoms with E-state index in [2.05, 4.69) is 17.4 Å². The van der Waals surface area contributed by atoms with Gasteiger partial charge in [0.15, 0.2) is 0 Å². The Morgan fingerprint density at radius 1 is 1.09 bits per heavy atom. The second-order valence-electron chi connectivity index (χ2n) is 6.07. The van der Waals surface area contributed by atoms with E-state index in [4.69, 9.17) is 11.6 Å². The first-order valence-corrected chi connectivity index (χ1v) is 8.13. The minimum atomic E-state index is -0.395. The van der Waals surface area contributed by atoms with Crippen molar-refractivity contribution in [1.29, 1.82) is 0 Å². The van der Waals surface area contributed by atoms with Gasteiger partial charge >= 0.3 is 0 Å². The van der Waals surface area contributed by atoms with Crippen molar-refractivity contribution in [2.24, 2.45) is 0 Å². The standard InChI is InChI=1S/C19H20ClNO/c1-14-13-16(20)9-10-17(14)21-18(22)19(11-5-6-12-19)15-7-3-2-4-8-15/h2-4,7-10,13H,5-6,11-12H2,1H3,(H,21,22). The van der Waals surface area contributed by atoms with Gasteiger partial charge in [-0.2, -0.15) is 0 Å². The molecule has 2 aromatic rings. The topological polar surface area (TPSA) is 29.1 Å². The summed E-state index contributed by atoms with van der Waals surface area (Å²) in [6.07, 6.45) is 4.02. The third kappa shape index (κ3) is 2.76. The number of anilines is 1. The minimum absolute atomic E-state index is 0.0987. The monoisotopic (exact) mass is 313 g/mol. The number of amides is 1. The Morgan fingerprint density at radius 3 is 2.41 bits per heavy atom. The molecule has 0 unspecified atom stereocenters. The van der Waals surface area contributed by atoms with E-state index in [1.807, 2.05) is 43.3 Å². The SMILES string of the molecule is Cc1cc(Cl)ccc1NC(=O)C1(c2ccccc2)CCCC1. The zero-order valence-electron chi connectivity index (χ0n) is 12.7. The van der Waals surface area contributed by atoms with Crippen LogP contribution in [0.5, 0.6) is 0 Å². The van der Waals surface area contributed by atoms with E-state index in [-0.39, 0.29) is 5.91 Å². The predicted molar refractivity (Wildman–Crippen MR) is 91.4 cm³/mol. The molecular weight excluding hydrogens is 294 g/mol. The molecule has 2 aromatic carbocycles. The van der Waals surface area contributed by atoms with Gasteiger partial charge < -0.3 is 5.32 Å². The molecule has 2 nitrogen and oxygen atoms in total. The molecule has 22 heavy (non-hydrogen) atoms. The number of benzene rings is 2. The number of halogens is 1. The van der Waals surface area contributed by atoms with E-state index in [9.17, 15) is 4.79 Å². The summed E-state index contributed by atoms with van der Waals surface area (Å²) in [5, 5.41) is 3.81. The Balaban J connectivity index is 1.91. The molecule has 1 N–H and O–H groups in total. The largest absolute Gasteiger partial charge is 0.325 e. The van der Waals surface area contributed by atoms with Gasteiger partial charge in [-0.15, -0.1) is 0 Å². The van der Waals surface area contributed by atoms with Gasteiger partial charge in [-0.1, -0.05) is 54.8 Å². The number of hydrogen-bond acceptors (Lipinski definition) is 1. The molecule has 0 radical (unpaired) electrons. The molecule has 3 heteroatoms. The van der Waals surface area contributed by atoms with Crippen molar-refractivity contribution in [3.05, 3.63) is 64.7 Å². The van der Waals surface area contributed by atoms with Gasteiger partial charge in [0.1, 0.15) is 0 Å². The zero-order chi connectivity index (χ0) is 15.6. The Labute approximate surface area is 136 Å². The lowest BCUT2D eigenvalue weighted by Gasteiger charge is -2.28. The second-order valence-corrected chi connectivity index (χ2v) is 6.51. The van der Waals surface area contributed by atoms with Crippen molar-refractivity contribution in [3.8, 4) is 0 Å². The number of nitrogens with one attached hydrogen (secondary N) is 1. The number of carbonyl (C=O) groups excluding carboxylic acids is 1. The van der Waals surface area contributed by atoms with Gasteiger partial charge in [-0.05, 0) is 49.1 Å². The summed E-state index contributed by atoms with van der Waals surface area (Å²) in [7, 11) is 0. The van der Waals surface area contributed by atoms with Crippen molar-refractivity contribution in [3.63, 3.8) is 0 Å². The summed E-state index contributed by atoms with van der Waals surface area (Å²) in [4.78, 5) is 13.0. The molecule has 1 amide bonds. The first-order chi connectivity index (χ1) is 10.6. The van der Waals surface area contributed by atoms with Gasteiger partial charge in [-0.3, -0.25) is 4.79 Å². The average Bonchev–Trinajstić information content (AvgIpc) is 3.02. The summed E-state index contributed by atoms with van der Waals surface area (Å²) in [5.74, 6) is 0.0987. The summed E-state index contributed by atoms with van der Waals surface area (Å²) in [6.45, 7) is 1.96. The van der Waals surface area contributed by atoms with Crippen LogP contribution in [0.3, 0.4) is 0 Å². The molecule has 3 rings (SSSR count). The van der Waals surface area contributed by atoms with Crippen LogP contribution < -0.4 is 5.32 Å². The van der Waals surface area contributed by atoms with Gasteiger partial charge in [0.05, 0.1) is 5.41 Å². The van der Waals surface area contributed by atoms with Gasteiger partial charge in [0, 0.05) is 10.7 Å². The first kappa shape index (κ1) is 15.1. The highest BCUT2D eigenvalue weighted by atomic mass is 35.5. The van der Waals surface area contributed by atoms with Crippen LogP contribution in [0.15, 0.2) is 48.5 Å². The zero-order valence-corrected chi connectivity index (χ0v) is 13.5. The van der Waals surface area contributed by atoms with E-state index < -0.39 is 5.41 Å². The molecule has 1 saturated carbocycles. The quantitative estimate of drug-likeness (QED) is 0.839. The average molecular weight is 314 g/mol. The molecule has 0 atom stereocenters. The van der Waals surface area contributed by atoms with E-state index >= 15 is 0 Å². The highest BCUT2D eigenvalue weighted by Crippen LogP contribution is 2.42. The molecule has 0 saturated heterocycles. The van der Waals surface area contributed by atoms with E-state index in [1.165, 1.54) is 0 Å². The summed E-state index contributed by atoms with van der Waals surface area (Å²) in [5.41, 5.74) is 2.56. The molecule has 114 valence electrons. The van der Waals surface area contributed by atoms with E-state index in [1.54, 1.807) is 0 Å². The van der Waals surface area contributed by atoms with Crippen LogP contribution in [-0.4, -0.2) is 5.91 Å². The fraction of sp³-hybridized carbons (Fsp3) is 0.316. The molecule has 1 aliphatic carbocycles. The fourth-order valence-electron chi connectivity index (χ4n) is 3.39. The summed E-state index contributed by atoms with van der Waals surface area (Å²) >= 11 is 5.99. The molecule has 0 heterocycles. The lowest BCUT2D eigenvalue weighted by atomic mass is 9.78. The van der Waals surface area contributed by atoms with Crippen LogP contribution in [-0.2, 0) is 10.2 Å². The Bertz CT molecular complexity index is 675. The maximum atomic E-state index is 13.0. The van der Waals surface area contributed by atoms with Crippen LogP contribution in [0.2, 0.25) is 5.02 Å². The highest BCUT2D eigenvalue weighted by Gasteiger charge is 2.42. The lowest BCUT2D eigenvalue weighted by Crippen LogP contribution is -2.38. The molecular formula is C19H20ClNO. The fourth-order valence-corrected chi connectivity index (χ4v) is 3.62. The smallest absolute Gasteiger partial charge is 0.235 e. The van der Waals surface area contributed by atoms with Crippen molar-refractivity contribution in [1.82, 2.24) is 0 Å². The normalized spacial score (nSPS) is 16.5. The highest BCUT2D eigenvalue weighted by molar-refractivity contribution is 6.30. The lowest BCUT2D eigenvalue weighted by molar-refractivity contribution is -0.121. The number of hydrogen-bond donors (Lipinski definition) is 1. The molecule has 0 aromatic heterocycles. The van der Waals surface area contributed by atoms with Crippen LogP contribution in [0.4, 0.5) is 5.69 Å². The van der Waals surface area contributed by atoms with Crippen molar-refractivity contribution in [2.75, 3.05) is 5.32 Å². The van der Waals surface area contributed by atoms with Gasteiger partial charge in [0.25, 0.3) is 0 Å². The Morgan fingerprint density at radius 2 is 1.77 bits per heavy atom. The van der Waals surface area contributed by atoms with Crippen molar-refractivity contribution < 1.29 is 4.79 Å². The predicted octanol–water partition coefficient (Wildman–Crippen LogP) is 5.10. The molecule has 1 aliphatic rings. The van der Waals surface area contributed by atoms with E-state index in [0.29, 0.717) is 5.02 Å². The molecule has 1 fully saturated rings. The van der Waals surface area contributed by atoms with Crippen molar-refractivity contribution >= 4 is 23.2 Å². The van der Waals surface area contributed by atoms with Gasteiger partial charge in [-0.25, -0.2) is 0 Å². The number of carbonyl (C=O) groups is 1. The van der Waals surface area contributed by atoms with Crippen LogP contribution in [0.1, 0.15) is 36.8 Å². The van der Waals surface area contributed by atoms with Crippen LogP contribution >= 0.6 is 11.6 Å². The molecule has 0 spiro atoms. The van der Waals surface area contributed by atoms with Crippen LogP contribution in [0, 0.1) is 6.92 Å². The summed E-state index contributed by atoms with van der Waals surface area (Å²) < 4.78 is 0.